The maximum absolute atomic E-state index is 12.7. The third kappa shape index (κ3) is 5.93. The van der Waals surface area contributed by atoms with Crippen molar-refractivity contribution in [1.29, 1.82) is 0 Å². The van der Waals surface area contributed by atoms with Crippen LogP contribution in [0.1, 0.15) is 56.4 Å². The first kappa shape index (κ1) is 24.3. The lowest BCUT2D eigenvalue weighted by molar-refractivity contribution is -0.116. The number of nitrogens with zero attached hydrogens (tertiary/aromatic N) is 2. The molecule has 3 rings (SSSR count). The van der Waals surface area contributed by atoms with Crippen LogP contribution in [0.15, 0.2) is 30.3 Å². The van der Waals surface area contributed by atoms with E-state index in [-0.39, 0.29) is 11.3 Å². The minimum absolute atomic E-state index is 0.140. The molecule has 0 radical (unpaired) electrons. The predicted molar refractivity (Wildman–Crippen MR) is 128 cm³/mol. The van der Waals surface area contributed by atoms with E-state index in [0.717, 1.165) is 49.2 Å². The first-order chi connectivity index (χ1) is 15.5. The highest BCUT2D eigenvalue weighted by atomic mass is 35.5. The van der Waals surface area contributed by atoms with Gasteiger partial charge in [-0.15, -0.1) is 0 Å². The van der Waals surface area contributed by atoms with Gasteiger partial charge in [-0.1, -0.05) is 37.1 Å². The van der Waals surface area contributed by atoms with E-state index in [1.54, 1.807) is 16.8 Å². The van der Waals surface area contributed by atoms with Crippen LogP contribution >= 0.6 is 11.6 Å². The number of unbranched alkanes of at least 4 members (excludes halogenated alkanes) is 1. The van der Waals surface area contributed by atoms with Crippen molar-refractivity contribution in [1.82, 2.24) is 15.1 Å². The van der Waals surface area contributed by atoms with E-state index in [9.17, 15) is 4.79 Å². The Bertz CT molecular complexity index is 915. The number of aryl methyl sites for hydroxylation is 2. The second-order valence-electron chi connectivity index (χ2n) is 8.27. The van der Waals surface area contributed by atoms with Gasteiger partial charge in [0.25, 0.3) is 0 Å². The number of nitrogens with one attached hydrogen (secondary N) is 1. The zero-order valence-electron chi connectivity index (χ0n) is 19.3. The van der Waals surface area contributed by atoms with Crippen LogP contribution in [0, 0.1) is 6.92 Å². The topological polar surface area (TPSA) is 65.4 Å². The molecule has 1 aromatic heterocycles. The van der Waals surface area contributed by atoms with Crippen molar-refractivity contribution in [2.75, 3.05) is 26.4 Å². The van der Waals surface area contributed by atoms with E-state index in [4.69, 9.17) is 21.1 Å². The highest BCUT2D eigenvalue weighted by Crippen LogP contribution is 2.35. The third-order valence-electron chi connectivity index (χ3n) is 6.06. The van der Waals surface area contributed by atoms with Gasteiger partial charge in [0.05, 0.1) is 12.3 Å². The van der Waals surface area contributed by atoms with Gasteiger partial charge in [-0.3, -0.25) is 9.48 Å². The maximum Gasteiger partial charge on any atom is 0.244 e. The van der Waals surface area contributed by atoms with Crippen LogP contribution in [-0.2, 0) is 21.5 Å². The van der Waals surface area contributed by atoms with Crippen molar-refractivity contribution in [3.63, 3.8) is 0 Å². The van der Waals surface area contributed by atoms with Crippen LogP contribution in [-0.4, -0.2) is 42.1 Å². The van der Waals surface area contributed by atoms with Crippen molar-refractivity contribution in [2.24, 2.45) is 0 Å². The quantitative estimate of drug-likeness (QED) is 0.512. The van der Waals surface area contributed by atoms with Gasteiger partial charge in [0.1, 0.15) is 10.9 Å². The minimum Gasteiger partial charge on any atom is -0.494 e. The first-order valence-corrected chi connectivity index (χ1v) is 11.9. The second kappa shape index (κ2) is 11.5. The molecule has 2 aromatic rings. The van der Waals surface area contributed by atoms with Crippen LogP contribution in [0.4, 0.5) is 0 Å². The summed E-state index contributed by atoms with van der Waals surface area (Å²) in [6.07, 6.45) is 7.12. The summed E-state index contributed by atoms with van der Waals surface area (Å²) < 4.78 is 13.0. The molecule has 1 N–H and O–H groups in total. The molecule has 7 heteroatoms. The van der Waals surface area contributed by atoms with Gasteiger partial charge in [-0.2, -0.15) is 5.10 Å². The highest BCUT2D eigenvalue weighted by Gasteiger charge is 2.34. The summed E-state index contributed by atoms with van der Waals surface area (Å²) >= 11 is 6.48. The van der Waals surface area contributed by atoms with E-state index in [1.807, 2.05) is 26.0 Å². The largest absolute Gasteiger partial charge is 0.494 e. The Hall–Kier alpha value is -2.31. The summed E-state index contributed by atoms with van der Waals surface area (Å²) in [6.45, 7) is 9.36. The van der Waals surface area contributed by atoms with Gasteiger partial charge in [-0.25, -0.2) is 0 Å². The fourth-order valence-electron chi connectivity index (χ4n) is 4.09. The number of hydrogen-bond acceptors (Lipinski definition) is 4. The SMILES string of the molecule is CCCCn1nc(C)c(/C=C/C(=O)NCC2(c3ccc(OCC)cc3)CCOCC2)c1Cl. The number of hydrogen-bond donors (Lipinski definition) is 1. The highest BCUT2D eigenvalue weighted by molar-refractivity contribution is 6.31. The molecule has 1 aliphatic heterocycles. The molecule has 0 unspecified atom stereocenters. The lowest BCUT2D eigenvalue weighted by Gasteiger charge is -2.38. The Morgan fingerprint density at radius 2 is 2.00 bits per heavy atom. The lowest BCUT2D eigenvalue weighted by Crippen LogP contribution is -2.44. The monoisotopic (exact) mass is 459 g/mol. The molecular weight excluding hydrogens is 426 g/mol. The molecule has 1 aliphatic rings. The van der Waals surface area contributed by atoms with E-state index in [0.29, 0.717) is 31.5 Å². The van der Waals surface area contributed by atoms with Crippen LogP contribution < -0.4 is 10.1 Å². The Morgan fingerprint density at radius 1 is 1.28 bits per heavy atom. The Kier molecular flexibility index (Phi) is 8.76. The zero-order chi connectivity index (χ0) is 23.0. The molecule has 1 fully saturated rings. The molecule has 0 saturated carbocycles. The fraction of sp³-hybridized carbons (Fsp3) is 0.520. The second-order valence-corrected chi connectivity index (χ2v) is 8.63. The van der Waals surface area contributed by atoms with Crippen LogP contribution in [0.5, 0.6) is 5.75 Å². The van der Waals surface area contributed by atoms with Crippen molar-refractivity contribution in [3.05, 3.63) is 52.3 Å². The Labute approximate surface area is 195 Å². The summed E-state index contributed by atoms with van der Waals surface area (Å²) in [7, 11) is 0. The number of halogens is 1. The van der Waals surface area contributed by atoms with Crippen LogP contribution in [0.25, 0.3) is 6.08 Å². The Morgan fingerprint density at radius 3 is 2.66 bits per heavy atom. The molecule has 0 aliphatic carbocycles. The van der Waals surface area contributed by atoms with E-state index in [2.05, 4.69) is 29.5 Å². The van der Waals surface area contributed by atoms with Crippen LogP contribution in [0.2, 0.25) is 5.15 Å². The van der Waals surface area contributed by atoms with Crippen molar-refractivity contribution < 1.29 is 14.3 Å². The van der Waals surface area contributed by atoms with Gasteiger partial charge in [-0.05, 0) is 56.9 Å². The summed E-state index contributed by atoms with van der Waals surface area (Å²) in [5, 5.41) is 8.17. The number of aromatic nitrogens is 2. The number of benzene rings is 1. The molecule has 0 bridgehead atoms. The summed E-state index contributed by atoms with van der Waals surface area (Å²) in [6, 6.07) is 8.20. The average molecular weight is 460 g/mol. The van der Waals surface area contributed by atoms with Gasteiger partial charge in [0.15, 0.2) is 0 Å². The summed E-state index contributed by atoms with van der Waals surface area (Å²) in [5.41, 5.74) is 2.67. The standard InChI is InChI=1S/C25H34ClN3O3/c1-4-6-15-29-24(26)22(19(3)28-29)11-12-23(30)27-18-25(13-16-31-17-14-25)20-7-9-21(10-8-20)32-5-2/h7-12H,4-6,13-18H2,1-3H3,(H,27,30)/b12-11+. The Balaban J connectivity index is 1.68. The number of rotatable bonds is 10. The smallest absolute Gasteiger partial charge is 0.244 e. The van der Waals surface area contributed by atoms with E-state index < -0.39 is 0 Å². The van der Waals surface area contributed by atoms with E-state index >= 15 is 0 Å². The van der Waals surface area contributed by atoms with Crippen molar-refractivity contribution >= 4 is 23.6 Å². The zero-order valence-corrected chi connectivity index (χ0v) is 20.1. The van der Waals surface area contributed by atoms with Gasteiger partial charge in [0, 0.05) is 43.4 Å². The molecule has 0 spiro atoms. The van der Waals surface area contributed by atoms with Gasteiger partial charge < -0.3 is 14.8 Å². The number of carbonyl (C=O) groups excluding carboxylic acids is 1. The molecule has 0 atom stereocenters. The minimum atomic E-state index is -0.148. The first-order valence-electron chi connectivity index (χ1n) is 11.5. The normalized spacial score (nSPS) is 15.8. The molecule has 32 heavy (non-hydrogen) atoms. The molecule has 6 nitrogen and oxygen atoms in total. The fourth-order valence-corrected chi connectivity index (χ4v) is 4.41. The van der Waals surface area contributed by atoms with Crippen molar-refractivity contribution in [2.45, 2.75) is 58.4 Å². The molecule has 2 heterocycles. The molecule has 1 amide bonds. The summed E-state index contributed by atoms with van der Waals surface area (Å²) in [4.78, 5) is 12.7. The molecular formula is C25H34ClN3O3. The van der Waals surface area contributed by atoms with Gasteiger partial charge >= 0.3 is 0 Å². The van der Waals surface area contributed by atoms with E-state index in [1.165, 1.54) is 5.56 Å². The summed E-state index contributed by atoms with van der Waals surface area (Å²) in [5.74, 6) is 0.718. The number of amides is 1. The molecule has 174 valence electrons. The predicted octanol–water partition coefficient (Wildman–Crippen LogP) is 4.92. The van der Waals surface area contributed by atoms with Crippen LogP contribution in [0.3, 0.4) is 0 Å². The maximum atomic E-state index is 12.7. The number of carbonyl (C=O) groups is 1. The lowest BCUT2D eigenvalue weighted by atomic mass is 9.74. The average Bonchev–Trinajstić information content (AvgIpc) is 3.08. The van der Waals surface area contributed by atoms with Crippen molar-refractivity contribution in [3.8, 4) is 5.75 Å². The van der Waals surface area contributed by atoms with Gasteiger partial charge in [0.2, 0.25) is 5.91 Å². The molecule has 1 aromatic carbocycles. The number of ether oxygens (including phenoxy) is 2. The third-order valence-corrected chi connectivity index (χ3v) is 6.46. The molecule has 1 saturated heterocycles.